The number of methoxy groups -OCH3 is 2. The predicted octanol–water partition coefficient (Wildman–Crippen LogP) is 1.80. The fraction of sp³-hybridized carbons (Fsp3) is 0.538. The zero-order valence-corrected chi connectivity index (χ0v) is 10.2. The SMILES string of the molecule is COCC(OC)c1ccc(OCC2CO2)cc1. The van der Waals surface area contributed by atoms with Gasteiger partial charge in [0.05, 0.1) is 13.2 Å². The number of rotatable bonds is 7. The van der Waals surface area contributed by atoms with Gasteiger partial charge in [-0.15, -0.1) is 0 Å². The van der Waals surface area contributed by atoms with Gasteiger partial charge in [-0.3, -0.25) is 0 Å². The van der Waals surface area contributed by atoms with Crippen molar-refractivity contribution in [1.29, 1.82) is 0 Å². The molecule has 4 heteroatoms. The van der Waals surface area contributed by atoms with Crippen LogP contribution >= 0.6 is 0 Å². The monoisotopic (exact) mass is 238 g/mol. The molecule has 1 aliphatic heterocycles. The summed E-state index contributed by atoms with van der Waals surface area (Å²) in [6, 6.07) is 7.88. The van der Waals surface area contributed by atoms with E-state index in [9.17, 15) is 0 Å². The van der Waals surface area contributed by atoms with Gasteiger partial charge in [0, 0.05) is 14.2 Å². The Balaban J connectivity index is 1.90. The Bertz CT molecular complexity index is 332. The van der Waals surface area contributed by atoms with E-state index in [1.807, 2.05) is 24.3 Å². The average Bonchev–Trinajstić information content (AvgIpc) is 3.18. The number of hydrogen-bond donors (Lipinski definition) is 0. The molecule has 0 bridgehead atoms. The van der Waals surface area contributed by atoms with E-state index in [2.05, 4.69) is 0 Å². The van der Waals surface area contributed by atoms with Crippen LogP contribution in [0.4, 0.5) is 0 Å². The molecule has 0 N–H and O–H groups in total. The maximum Gasteiger partial charge on any atom is 0.119 e. The first kappa shape index (κ1) is 12.4. The molecule has 4 nitrogen and oxygen atoms in total. The van der Waals surface area contributed by atoms with Crippen molar-refractivity contribution in [2.75, 3.05) is 34.0 Å². The van der Waals surface area contributed by atoms with E-state index in [0.29, 0.717) is 13.2 Å². The lowest BCUT2D eigenvalue weighted by Gasteiger charge is -2.15. The molecule has 1 saturated heterocycles. The standard InChI is InChI=1S/C13H18O4/c1-14-9-13(15-2)10-3-5-11(6-4-10)16-7-12-8-17-12/h3-6,12-13H,7-9H2,1-2H3. The van der Waals surface area contributed by atoms with Crippen LogP contribution in [-0.2, 0) is 14.2 Å². The Hall–Kier alpha value is -1.10. The summed E-state index contributed by atoms with van der Waals surface area (Å²) in [6.07, 6.45) is 0.260. The van der Waals surface area contributed by atoms with Gasteiger partial charge in [0.2, 0.25) is 0 Å². The van der Waals surface area contributed by atoms with Crippen LogP contribution in [0.1, 0.15) is 11.7 Å². The summed E-state index contributed by atoms with van der Waals surface area (Å²) in [4.78, 5) is 0. The summed E-state index contributed by atoms with van der Waals surface area (Å²) in [5.74, 6) is 0.858. The molecule has 1 aromatic rings. The maximum atomic E-state index is 5.56. The van der Waals surface area contributed by atoms with Crippen molar-refractivity contribution in [2.24, 2.45) is 0 Å². The van der Waals surface area contributed by atoms with E-state index in [0.717, 1.165) is 17.9 Å². The zero-order valence-electron chi connectivity index (χ0n) is 10.2. The molecular formula is C13H18O4. The van der Waals surface area contributed by atoms with E-state index >= 15 is 0 Å². The second kappa shape index (κ2) is 6.00. The van der Waals surface area contributed by atoms with E-state index in [1.165, 1.54) is 0 Å². The molecule has 0 radical (unpaired) electrons. The topological polar surface area (TPSA) is 40.2 Å². The van der Waals surface area contributed by atoms with Gasteiger partial charge in [-0.1, -0.05) is 12.1 Å². The highest BCUT2D eigenvalue weighted by Gasteiger charge is 2.23. The predicted molar refractivity (Wildman–Crippen MR) is 63.3 cm³/mol. The molecule has 94 valence electrons. The number of epoxide rings is 1. The van der Waals surface area contributed by atoms with Crippen molar-refractivity contribution in [3.05, 3.63) is 29.8 Å². The average molecular weight is 238 g/mol. The Morgan fingerprint density at radius 3 is 2.53 bits per heavy atom. The first-order valence-electron chi connectivity index (χ1n) is 5.69. The minimum absolute atomic E-state index is 0.0270. The minimum atomic E-state index is -0.0270. The molecule has 1 aliphatic rings. The summed E-state index contributed by atoms with van der Waals surface area (Å²) in [6.45, 7) is 2.00. The Morgan fingerprint density at radius 2 is 2.00 bits per heavy atom. The third kappa shape index (κ3) is 3.70. The van der Waals surface area contributed by atoms with Crippen LogP contribution in [0.15, 0.2) is 24.3 Å². The number of ether oxygens (including phenoxy) is 4. The van der Waals surface area contributed by atoms with Gasteiger partial charge in [-0.25, -0.2) is 0 Å². The van der Waals surface area contributed by atoms with Gasteiger partial charge in [0.15, 0.2) is 0 Å². The first-order chi connectivity index (χ1) is 8.33. The normalized spacial score (nSPS) is 20.0. The van der Waals surface area contributed by atoms with Crippen LogP contribution in [0.5, 0.6) is 5.75 Å². The second-order valence-electron chi connectivity index (χ2n) is 4.02. The van der Waals surface area contributed by atoms with Crippen LogP contribution in [0.25, 0.3) is 0 Å². The molecule has 0 spiro atoms. The number of hydrogen-bond acceptors (Lipinski definition) is 4. The highest BCUT2D eigenvalue weighted by Crippen LogP contribution is 2.21. The lowest BCUT2D eigenvalue weighted by atomic mass is 10.1. The van der Waals surface area contributed by atoms with Crippen molar-refractivity contribution in [3.8, 4) is 5.75 Å². The fourth-order valence-corrected chi connectivity index (χ4v) is 1.58. The summed E-state index contributed by atoms with van der Waals surface area (Å²) < 4.78 is 21.1. The van der Waals surface area contributed by atoms with E-state index in [1.54, 1.807) is 14.2 Å². The van der Waals surface area contributed by atoms with Gasteiger partial charge in [0.1, 0.15) is 24.6 Å². The molecule has 2 atom stereocenters. The van der Waals surface area contributed by atoms with Crippen LogP contribution < -0.4 is 4.74 Å². The summed E-state index contributed by atoms with van der Waals surface area (Å²) >= 11 is 0. The largest absolute Gasteiger partial charge is 0.491 e. The molecule has 1 aromatic carbocycles. The fourth-order valence-electron chi connectivity index (χ4n) is 1.58. The second-order valence-corrected chi connectivity index (χ2v) is 4.02. The molecule has 17 heavy (non-hydrogen) atoms. The molecular weight excluding hydrogens is 220 g/mol. The summed E-state index contributed by atoms with van der Waals surface area (Å²) in [5, 5.41) is 0. The summed E-state index contributed by atoms with van der Waals surface area (Å²) in [5.41, 5.74) is 1.09. The smallest absolute Gasteiger partial charge is 0.119 e. The molecule has 0 saturated carbocycles. The summed E-state index contributed by atoms with van der Waals surface area (Å²) in [7, 11) is 3.34. The molecule has 0 aromatic heterocycles. The van der Waals surface area contributed by atoms with Crippen LogP contribution in [0, 0.1) is 0 Å². The quantitative estimate of drug-likeness (QED) is 0.679. The Kier molecular flexibility index (Phi) is 4.36. The Labute approximate surface area is 101 Å². The third-order valence-electron chi connectivity index (χ3n) is 2.69. The lowest BCUT2D eigenvalue weighted by molar-refractivity contribution is 0.0274. The van der Waals surface area contributed by atoms with E-state index in [-0.39, 0.29) is 12.2 Å². The molecule has 2 rings (SSSR count). The Morgan fingerprint density at radius 1 is 1.29 bits per heavy atom. The van der Waals surface area contributed by atoms with Crippen molar-refractivity contribution < 1.29 is 18.9 Å². The van der Waals surface area contributed by atoms with Gasteiger partial charge >= 0.3 is 0 Å². The lowest BCUT2D eigenvalue weighted by Crippen LogP contribution is -2.08. The highest BCUT2D eigenvalue weighted by molar-refractivity contribution is 5.28. The van der Waals surface area contributed by atoms with Gasteiger partial charge in [-0.05, 0) is 17.7 Å². The van der Waals surface area contributed by atoms with Crippen molar-refractivity contribution in [3.63, 3.8) is 0 Å². The number of benzene rings is 1. The maximum absolute atomic E-state index is 5.56. The molecule has 1 heterocycles. The minimum Gasteiger partial charge on any atom is -0.491 e. The van der Waals surface area contributed by atoms with Gasteiger partial charge < -0.3 is 18.9 Å². The van der Waals surface area contributed by atoms with Crippen LogP contribution in [0.3, 0.4) is 0 Å². The molecule has 1 fully saturated rings. The van der Waals surface area contributed by atoms with Crippen molar-refractivity contribution >= 4 is 0 Å². The van der Waals surface area contributed by atoms with Crippen molar-refractivity contribution in [2.45, 2.75) is 12.2 Å². The van der Waals surface area contributed by atoms with Crippen LogP contribution in [0.2, 0.25) is 0 Å². The highest BCUT2D eigenvalue weighted by atomic mass is 16.6. The van der Waals surface area contributed by atoms with E-state index < -0.39 is 0 Å². The van der Waals surface area contributed by atoms with Gasteiger partial charge in [0.25, 0.3) is 0 Å². The first-order valence-corrected chi connectivity index (χ1v) is 5.69. The molecule has 0 aliphatic carbocycles. The van der Waals surface area contributed by atoms with E-state index in [4.69, 9.17) is 18.9 Å². The van der Waals surface area contributed by atoms with Crippen molar-refractivity contribution in [1.82, 2.24) is 0 Å². The van der Waals surface area contributed by atoms with Crippen LogP contribution in [-0.4, -0.2) is 40.1 Å². The van der Waals surface area contributed by atoms with Gasteiger partial charge in [-0.2, -0.15) is 0 Å². The third-order valence-corrected chi connectivity index (χ3v) is 2.69. The zero-order chi connectivity index (χ0) is 12.1. The molecule has 0 amide bonds. The molecule has 2 unspecified atom stereocenters.